The van der Waals surface area contributed by atoms with Gasteiger partial charge in [0.05, 0.1) is 6.54 Å². The van der Waals surface area contributed by atoms with Crippen LogP contribution in [0.25, 0.3) is 0 Å². The molecule has 0 heterocycles. The molecule has 0 radical (unpaired) electrons. The van der Waals surface area contributed by atoms with E-state index in [1.54, 1.807) is 17.1 Å². The number of likely N-dealkylation sites (N-methyl/N-ethyl adjacent to an activating group) is 1. The molecule has 0 bridgehead atoms. The zero-order valence-corrected chi connectivity index (χ0v) is 10.6. The van der Waals surface area contributed by atoms with Gasteiger partial charge in [-0.3, -0.25) is 9.69 Å². The van der Waals surface area contributed by atoms with Gasteiger partial charge >= 0.3 is 0 Å². The van der Waals surface area contributed by atoms with Gasteiger partial charge in [-0.15, -0.1) is 13.2 Å². The van der Waals surface area contributed by atoms with Crippen LogP contribution in [0.5, 0.6) is 0 Å². The van der Waals surface area contributed by atoms with Crippen LogP contribution in [-0.2, 0) is 4.79 Å². The molecule has 3 heteroatoms. The summed E-state index contributed by atoms with van der Waals surface area (Å²) >= 11 is 0. The van der Waals surface area contributed by atoms with E-state index in [0.29, 0.717) is 19.6 Å². The second kappa shape index (κ2) is 9.16. The average molecular weight is 224 g/mol. The number of amides is 1. The Labute approximate surface area is 99.4 Å². The van der Waals surface area contributed by atoms with Crippen LogP contribution in [-0.4, -0.2) is 48.9 Å². The Morgan fingerprint density at radius 1 is 1.25 bits per heavy atom. The molecule has 0 fully saturated rings. The predicted octanol–water partition coefficient (Wildman–Crippen LogP) is 1.92. The minimum Gasteiger partial charge on any atom is -0.334 e. The van der Waals surface area contributed by atoms with Crippen molar-refractivity contribution in [2.75, 3.05) is 33.2 Å². The molecule has 0 N–H and O–H groups in total. The molecule has 0 aliphatic rings. The number of carbonyl (C=O) groups excluding carboxylic acids is 1. The van der Waals surface area contributed by atoms with Crippen molar-refractivity contribution in [2.45, 2.75) is 19.8 Å². The first-order chi connectivity index (χ1) is 7.65. The van der Waals surface area contributed by atoms with E-state index in [9.17, 15) is 4.79 Å². The molecule has 0 spiro atoms. The summed E-state index contributed by atoms with van der Waals surface area (Å²) in [5, 5.41) is 0. The van der Waals surface area contributed by atoms with Crippen LogP contribution in [0, 0.1) is 0 Å². The van der Waals surface area contributed by atoms with Gasteiger partial charge in [-0.05, 0) is 20.0 Å². The molecular formula is C13H24N2O. The van der Waals surface area contributed by atoms with Crippen molar-refractivity contribution in [3.05, 3.63) is 25.3 Å². The molecule has 0 unspecified atom stereocenters. The van der Waals surface area contributed by atoms with Gasteiger partial charge < -0.3 is 4.90 Å². The molecular weight excluding hydrogens is 200 g/mol. The first-order valence-corrected chi connectivity index (χ1v) is 5.83. The number of carbonyl (C=O) groups is 1. The zero-order valence-electron chi connectivity index (χ0n) is 10.6. The highest BCUT2D eigenvalue weighted by atomic mass is 16.2. The molecule has 0 aliphatic heterocycles. The first kappa shape index (κ1) is 14.9. The van der Waals surface area contributed by atoms with E-state index in [1.807, 2.05) is 7.05 Å². The first-order valence-electron chi connectivity index (χ1n) is 5.83. The number of hydrogen-bond donors (Lipinski definition) is 0. The summed E-state index contributed by atoms with van der Waals surface area (Å²) in [5.74, 6) is 0.137. The number of rotatable bonds is 9. The fraction of sp³-hybridized carbons (Fsp3) is 0.615. The van der Waals surface area contributed by atoms with Gasteiger partial charge in [0.25, 0.3) is 0 Å². The standard InChI is InChI=1S/C13H24N2O/c1-5-8-11-14(4)12-13(16)15(9-6-2)10-7-3/h6-7H,2-3,5,8-12H2,1,4H3. The van der Waals surface area contributed by atoms with Gasteiger partial charge in [0.1, 0.15) is 0 Å². The molecule has 0 saturated heterocycles. The fourth-order valence-electron chi connectivity index (χ4n) is 1.43. The topological polar surface area (TPSA) is 23.6 Å². The minimum atomic E-state index is 0.137. The van der Waals surface area contributed by atoms with Gasteiger partial charge in [0, 0.05) is 13.1 Å². The Balaban J connectivity index is 4.06. The number of unbranched alkanes of at least 4 members (excludes halogenated alkanes) is 1. The van der Waals surface area contributed by atoms with Crippen LogP contribution in [0.3, 0.4) is 0 Å². The lowest BCUT2D eigenvalue weighted by Crippen LogP contribution is -2.39. The van der Waals surface area contributed by atoms with Crippen molar-refractivity contribution in [3.8, 4) is 0 Å². The molecule has 0 saturated carbocycles. The molecule has 16 heavy (non-hydrogen) atoms. The maximum atomic E-state index is 11.9. The number of nitrogens with zero attached hydrogens (tertiary/aromatic N) is 2. The van der Waals surface area contributed by atoms with Gasteiger partial charge in [0.2, 0.25) is 5.91 Å². The van der Waals surface area contributed by atoms with Crippen LogP contribution < -0.4 is 0 Å². The van der Waals surface area contributed by atoms with Crippen molar-refractivity contribution in [1.82, 2.24) is 9.80 Å². The van der Waals surface area contributed by atoms with Crippen molar-refractivity contribution in [3.63, 3.8) is 0 Å². The van der Waals surface area contributed by atoms with Gasteiger partial charge in [-0.1, -0.05) is 25.5 Å². The van der Waals surface area contributed by atoms with Crippen molar-refractivity contribution in [2.24, 2.45) is 0 Å². The smallest absolute Gasteiger partial charge is 0.237 e. The second-order valence-electron chi connectivity index (χ2n) is 3.97. The quantitative estimate of drug-likeness (QED) is 0.559. The second-order valence-corrected chi connectivity index (χ2v) is 3.97. The zero-order chi connectivity index (χ0) is 12.4. The Morgan fingerprint density at radius 2 is 1.81 bits per heavy atom. The van der Waals surface area contributed by atoms with Crippen LogP contribution >= 0.6 is 0 Å². The monoisotopic (exact) mass is 224 g/mol. The fourth-order valence-corrected chi connectivity index (χ4v) is 1.43. The predicted molar refractivity (Wildman–Crippen MR) is 69.4 cm³/mol. The third-order valence-electron chi connectivity index (χ3n) is 2.35. The van der Waals surface area contributed by atoms with Crippen LogP contribution in [0.15, 0.2) is 25.3 Å². The van der Waals surface area contributed by atoms with Crippen LogP contribution in [0.1, 0.15) is 19.8 Å². The molecule has 0 aromatic heterocycles. The number of hydrogen-bond acceptors (Lipinski definition) is 2. The van der Waals surface area contributed by atoms with Crippen molar-refractivity contribution < 1.29 is 4.79 Å². The summed E-state index contributed by atoms with van der Waals surface area (Å²) in [6.45, 7) is 12.1. The Hall–Kier alpha value is -1.09. The Kier molecular flexibility index (Phi) is 8.53. The highest BCUT2D eigenvalue weighted by molar-refractivity contribution is 5.78. The molecule has 1 amide bonds. The van der Waals surface area contributed by atoms with Gasteiger partial charge in [-0.25, -0.2) is 0 Å². The summed E-state index contributed by atoms with van der Waals surface area (Å²) in [4.78, 5) is 15.7. The van der Waals surface area contributed by atoms with Gasteiger partial charge in [-0.2, -0.15) is 0 Å². The van der Waals surface area contributed by atoms with Crippen LogP contribution in [0.2, 0.25) is 0 Å². The maximum Gasteiger partial charge on any atom is 0.237 e. The molecule has 92 valence electrons. The third kappa shape index (κ3) is 6.40. The summed E-state index contributed by atoms with van der Waals surface area (Å²) in [7, 11) is 1.98. The Bertz CT molecular complexity index is 216. The lowest BCUT2D eigenvalue weighted by Gasteiger charge is -2.23. The highest BCUT2D eigenvalue weighted by Gasteiger charge is 2.12. The van der Waals surface area contributed by atoms with E-state index in [2.05, 4.69) is 25.0 Å². The van der Waals surface area contributed by atoms with E-state index < -0.39 is 0 Å². The summed E-state index contributed by atoms with van der Waals surface area (Å²) in [6, 6.07) is 0. The van der Waals surface area contributed by atoms with Crippen molar-refractivity contribution >= 4 is 5.91 Å². The third-order valence-corrected chi connectivity index (χ3v) is 2.35. The molecule has 0 aromatic rings. The lowest BCUT2D eigenvalue weighted by molar-refractivity contribution is -0.131. The molecule has 0 atom stereocenters. The van der Waals surface area contributed by atoms with Gasteiger partial charge in [0.15, 0.2) is 0 Å². The summed E-state index contributed by atoms with van der Waals surface area (Å²) < 4.78 is 0. The maximum absolute atomic E-state index is 11.9. The minimum absolute atomic E-state index is 0.137. The molecule has 0 aromatic carbocycles. The molecule has 0 rings (SSSR count). The highest BCUT2D eigenvalue weighted by Crippen LogP contribution is 1.96. The van der Waals surface area contributed by atoms with E-state index in [0.717, 1.165) is 19.4 Å². The molecule has 3 nitrogen and oxygen atoms in total. The summed E-state index contributed by atoms with van der Waals surface area (Å²) in [5.41, 5.74) is 0. The van der Waals surface area contributed by atoms with E-state index in [4.69, 9.17) is 0 Å². The van der Waals surface area contributed by atoms with Crippen LogP contribution in [0.4, 0.5) is 0 Å². The Morgan fingerprint density at radius 3 is 2.25 bits per heavy atom. The van der Waals surface area contributed by atoms with Crippen molar-refractivity contribution in [1.29, 1.82) is 0 Å². The summed E-state index contributed by atoms with van der Waals surface area (Å²) in [6.07, 6.45) is 5.77. The molecule has 0 aliphatic carbocycles. The average Bonchev–Trinajstić information content (AvgIpc) is 2.26. The van der Waals surface area contributed by atoms with E-state index in [-0.39, 0.29) is 5.91 Å². The van der Waals surface area contributed by atoms with E-state index in [1.165, 1.54) is 0 Å². The van der Waals surface area contributed by atoms with E-state index >= 15 is 0 Å². The normalized spacial score (nSPS) is 10.2. The SMILES string of the molecule is C=CCN(CC=C)C(=O)CN(C)CCCC. The largest absolute Gasteiger partial charge is 0.334 e. The lowest BCUT2D eigenvalue weighted by atomic mass is 10.3.